The maximum absolute atomic E-state index is 11.5. The fourth-order valence-electron chi connectivity index (χ4n) is 1.90. The number of benzene rings is 1. The molecule has 1 aromatic rings. The van der Waals surface area contributed by atoms with E-state index in [1.165, 1.54) is 7.11 Å². The van der Waals surface area contributed by atoms with E-state index in [0.717, 1.165) is 11.3 Å². The molecular weight excluding hydrogens is 246 g/mol. The van der Waals surface area contributed by atoms with Crippen molar-refractivity contribution in [1.29, 1.82) is 0 Å². The Balaban J connectivity index is 2.03. The maximum Gasteiger partial charge on any atom is 0.314 e. The molecule has 2 N–H and O–H groups in total. The summed E-state index contributed by atoms with van der Waals surface area (Å²) >= 11 is 0. The number of carbonyl (C=O) groups excluding carboxylic acids is 1. The number of methoxy groups -OCH3 is 1. The fraction of sp³-hybridized carbons (Fsp3) is 0.500. The first-order valence-electron chi connectivity index (χ1n) is 6.17. The molecule has 1 atom stereocenters. The highest BCUT2D eigenvalue weighted by Crippen LogP contribution is 2.34. The molecule has 0 aromatic heterocycles. The quantitative estimate of drug-likeness (QED) is 0.838. The normalized spacial score (nSPS) is 17.6. The topological polar surface area (TPSA) is 70.8 Å². The van der Waals surface area contributed by atoms with Crippen molar-refractivity contribution in [3.05, 3.63) is 23.8 Å². The van der Waals surface area contributed by atoms with Gasteiger partial charge in [0, 0.05) is 11.6 Å². The standard InChI is InChI=1S/C14H19NO4/c1-14(2,13(16)17-3)8-19-9-4-5-10-11(15)7-18-12(10)6-9/h4-6,11H,7-8,15H2,1-3H3. The molecule has 5 heteroatoms. The first-order chi connectivity index (χ1) is 8.94. The molecule has 1 aliphatic heterocycles. The van der Waals surface area contributed by atoms with Crippen molar-refractivity contribution < 1.29 is 19.0 Å². The Morgan fingerprint density at radius 2 is 2.26 bits per heavy atom. The molecule has 0 fully saturated rings. The van der Waals surface area contributed by atoms with E-state index >= 15 is 0 Å². The fourth-order valence-corrected chi connectivity index (χ4v) is 1.90. The van der Waals surface area contributed by atoms with E-state index in [2.05, 4.69) is 0 Å². The lowest BCUT2D eigenvalue weighted by molar-refractivity contribution is -0.152. The Bertz CT molecular complexity index is 484. The van der Waals surface area contributed by atoms with Crippen LogP contribution in [0.4, 0.5) is 0 Å². The summed E-state index contributed by atoms with van der Waals surface area (Å²) in [4.78, 5) is 11.5. The van der Waals surface area contributed by atoms with Gasteiger partial charge in [-0.15, -0.1) is 0 Å². The minimum atomic E-state index is -0.689. The summed E-state index contributed by atoms with van der Waals surface area (Å²) in [5, 5.41) is 0. The maximum atomic E-state index is 11.5. The van der Waals surface area contributed by atoms with E-state index in [-0.39, 0.29) is 18.6 Å². The molecule has 0 aliphatic carbocycles. The van der Waals surface area contributed by atoms with Crippen LogP contribution < -0.4 is 15.2 Å². The molecule has 1 unspecified atom stereocenters. The van der Waals surface area contributed by atoms with Gasteiger partial charge in [0.25, 0.3) is 0 Å². The van der Waals surface area contributed by atoms with Crippen molar-refractivity contribution in [2.75, 3.05) is 20.3 Å². The van der Waals surface area contributed by atoms with Gasteiger partial charge < -0.3 is 19.9 Å². The van der Waals surface area contributed by atoms with Crippen molar-refractivity contribution in [3.63, 3.8) is 0 Å². The van der Waals surface area contributed by atoms with Gasteiger partial charge in [0.15, 0.2) is 0 Å². The van der Waals surface area contributed by atoms with Crippen LogP contribution in [-0.4, -0.2) is 26.3 Å². The third-order valence-electron chi connectivity index (χ3n) is 3.14. The van der Waals surface area contributed by atoms with E-state index in [1.807, 2.05) is 12.1 Å². The molecule has 0 bridgehead atoms. The molecule has 2 rings (SSSR count). The monoisotopic (exact) mass is 265 g/mol. The second-order valence-corrected chi connectivity index (χ2v) is 5.28. The summed E-state index contributed by atoms with van der Waals surface area (Å²) in [5.74, 6) is 1.11. The average Bonchev–Trinajstić information content (AvgIpc) is 2.77. The van der Waals surface area contributed by atoms with Gasteiger partial charge in [0.2, 0.25) is 0 Å². The van der Waals surface area contributed by atoms with Crippen LogP contribution in [0.3, 0.4) is 0 Å². The van der Waals surface area contributed by atoms with Crippen molar-refractivity contribution in [1.82, 2.24) is 0 Å². The van der Waals surface area contributed by atoms with Gasteiger partial charge in [0.1, 0.15) is 24.7 Å². The molecule has 0 spiro atoms. The van der Waals surface area contributed by atoms with Crippen LogP contribution in [-0.2, 0) is 9.53 Å². The minimum absolute atomic E-state index is 0.0736. The largest absolute Gasteiger partial charge is 0.492 e. The van der Waals surface area contributed by atoms with Gasteiger partial charge >= 0.3 is 5.97 Å². The first kappa shape index (κ1) is 13.7. The van der Waals surface area contributed by atoms with E-state index < -0.39 is 5.41 Å². The van der Waals surface area contributed by atoms with Crippen LogP contribution in [0.1, 0.15) is 25.5 Å². The van der Waals surface area contributed by atoms with Gasteiger partial charge in [0.05, 0.1) is 18.6 Å². The molecule has 0 saturated carbocycles. The number of hydrogen-bond acceptors (Lipinski definition) is 5. The van der Waals surface area contributed by atoms with Crippen molar-refractivity contribution >= 4 is 5.97 Å². The third-order valence-corrected chi connectivity index (χ3v) is 3.14. The molecule has 0 radical (unpaired) electrons. The van der Waals surface area contributed by atoms with Crippen LogP contribution in [0.2, 0.25) is 0 Å². The van der Waals surface area contributed by atoms with Crippen LogP contribution in [0.5, 0.6) is 11.5 Å². The molecule has 104 valence electrons. The van der Waals surface area contributed by atoms with Crippen LogP contribution in [0.25, 0.3) is 0 Å². The number of fused-ring (bicyclic) bond motifs is 1. The Labute approximate surface area is 112 Å². The number of ether oxygens (including phenoxy) is 3. The highest BCUT2D eigenvalue weighted by atomic mass is 16.5. The summed E-state index contributed by atoms with van der Waals surface area (Å²) in [6.07, 6.45) is 0. The van der Waals surface area contributed by atoms with Gasteiger partial charge in [-0.3, -0.25) is 4.79 Å². The predicted octanol–water partition coefficient (Wildman–Crippen LogP) is 1.66. The number of nitrogens with two attached hydrogens (primary N) is 1. The van der Waals surface area contributed by atoms with Crippen LogP contribution >= 0.6 is 0 Å². The van der Waals surface area contributed by atoms with Gasteiger partial charge in [-0.05, 0) is 26.0 Å². The van der Waals surface area contributed by atoms with Crippen molar-refractivity contribution in [2.45, 2.75) is 19.9 Å². The molecule has 1 aromatic carbocycles. The Morgan fingerprint density at radius 1 is 1.53 bits per heavy atom. The number of hydrogen-bond donors (Lipinski definition) is 1. The van der Waals surface area contributed by atoms with E-state index in [0.29, 0.717) is 12.4 Å². The first-order valence-corrected chi connectivity index (χ1v) is 6.17. The van der Waals surface area contributed by atoms with E-state index in [1.54, 1.807) is 19.9 Å². The molecule has 0 amide bonds. The zero-order valence-corrected chi connectivity index (χ0v) is 11.4. The smallest absolute Gasteiger partial charge is 0.314 e. The molecule has 1 aliphatic rings. The van der Waals surface area contributed by atoms with Crippen LogP contribution in [0.15, 0.2) is 18.2 Å². The summed E-state index contributed by atoms with van der Waals surface area (Å²) in [6, 6.07) is 5.46. The minimum Gasteiger partial charge on any atom is -0.492 e. The van der Waals surface area contributed by atoms with Gasteiger partial charge in [-0.25, -0.2) is 0 Å². The third kappa shape index (κ3) is 2.81. The van der Waals surface area contributed by atoms with Gasteiger partial charge in [-0.2, -0.15) is 0 Å². The number of rotatable bonds is 4. The lowest BCUT2D eigenvalue weighted by atomic mass is 9.95. The average molecular weight is 265 g/mol. The lowest BCUT2D eigenvalue weighted by Crippen LogP contribution is -2.32. The number of carbonyl (C=O) groups is 1. The Kier molecular flexibility index (Phi) is 3.66. The molecule has 0 saturated heterocycles. The summed E-state index contributed by atoms with van der Waals surface area (Å²) in [6.45, 7) is 4.29. The Hall–Kier alpha value is -1.75. The predicted molar refractivity (Wildman–Crippen MR) is 70.2 cm³/mol. The van der Waals surface area contributed by atoms with Crippen molar-refractivity contribution in [3.8, 4) is 11.5 Å². The molecular formula is C14H19NO4. The lowest BCUT2D eigenvalue weighted by Gasteiger charge is -2.21. The second kappa shape index (κ2) is 5.09. The Morgan fingerprint density at radius 3 is 2.95 bits per heavy atom. The van der Waals surface area contributed by atoms with Crippen molar-refractivity contribution in [2.24, 2.45) is 11.1 Å². The number of esters is 1. The summed E-state index contributed by atoms with van der Waals surface area (Å²) < 4.78 is 15.8. The highest BCUT2D eigenvalue weighted by molar-refractivity contribution is 5.75. The zero-order valence-electron chi connectivity index (χ0n) is 11.4. The SMILES string of the molecule is COC(=O)C(C)(C)COc1ccc2c(c1)OCC2N. The molecule has 19 heavy (non-hydrogen) atoms. The molecule has 1 heterocycles. The van der Waals surface area contributed by atoms with Crippen LogP contribution in [0, 0.1) is 5.41 Å². The molecule has 5 nitrogen and oxygen atoms in total. The zero-order chi connectivity index (χ0) is 14.0. The second-order valence-electron chi connectivity index (χ2n) is 5.28. The van der Waals surface area contributed by atoms with E-state index in [9.17, 15) is 4.79 Å². The summed E-state index contributed by atoms with van der Waals surface area (Å²) in [5.41, 5.74) is 6.17. The van der Waals surface area contributed by atoms with E-state index in [4.69, 9.17) is 19.9 Å². The highest BCUT2D eigenvalue weighted by Gasteiger charge is 2.30. The summed E-state index contributed by atoms with van der Waals surface area (Å²) in [7, 11) is 1.37. The van der Waals surface area contributed by atoms with Gasteiger partial charge in [-0.1, -0.05) is 0 Å².